The van der Waals surface area contributed by atoms with E-state index in [9.17, 15) is 8.42 Å². The van der Waals surface area contributed by atoms with Gasteiger partial charge >= 0.3 is 0 Å². The molecule has 0 aliphatic carbocycles. The van der Waals surface area contributed by atoms with Gasteiger partial charge in [0, 0.05) is 16.0 Å². The Hall–Kier alpha value is -2.50. The topological polar surface area (TPSA) is 37.4 Å². The van der Waals surface area contributed by atoms with Crippen LogP contribution in [0.2, 0.25) is 0 Å². The van der Waals surface area contributed by atoms with Crippen LogP contribution in [0.5, 0.6) is 0 Å². The average molecular weight is 436 g/mol. The fourth-order valence-electron chi connectivity index (χ4n) is 3.56. The molecule has 1 aliphatic rings. The number of hydrogen-bond donors (Lipinski definition) is 0. The van der Waals surface area contributed by atoms with Gasteiger partial charge in [-0.05, 0) is 42.2 Å². The molecule has 0 radical (unpaired) electrons. The van der Waals surface area contributed by atoms with Crippen molar-refractivity contribution in [3.8, 4) is 0 Å². The molecule has 0 aromatic heterocycles. The van der Waals surface area contributed by atoms with Crippen LogP contribution in [-0.2, 0) is 10.0 Å². The van der Waals surface area contributed by atoms with Crippen LogP contribution in [0.25, 0.3) is 0 Å². The van der Waals surface area contributed by atoms with Gasteiger partial charge in [-0.15, -0.1) is 0 Å². The quantitative estimate of drug-likeness (QED) is 0.477. The van der Waals surface area contributed by atoms with E-state index in [-0.39, 0.29) is 5.92 Å². The third-order valence-corrected chi connectivity index (χ3v) is 8.37. The third kappa shape index (κ3) is 3.92. The highest BCUT2D eigenvalue weighted by molar-refractivity contribution is 8.03. The number of benzene rings is 3. The number of thioether (sulfide) groups is 1. The number of rotatable bonds is 4. The Kier molecular flexibility index (Phi) is 5.76. The van der Waals surface area contributed by atoms with Gasteiger partial charge in [-0.1, -0.05) is 91.8 Å². The summed E-state index contributed by atoms with van der Waals surface area (Å²) in [5, 5.41) is 0. The molecule has 0 fully saturated rings. The molecule has 1 atom stereocenters. The van der Waals surface area contributed by atoms with E-state index in [2.05, 4.69) is 19.9 Å². The summed E-state index contributed by atoms with van der Waals surface area (Å²) in [6.45, 7) is 6.15. The fourth-order valence-corrected chi connectivity index (χ4v) is 6.21. The van der Waals surface area contributed by atoms with Crippen molar-refractivity contribution in [2.75, 3.05) is 0 Å². The normalized spacial score (nSPS) is 16.7. The average Bonchev–Trinajstić information content (AvgIpc) is 2.92. The number of sulfonamides is 1. The van der Waals surface area contributed by atoms with E-state index < -0.39 is 16.1 Å². The van der Waals surface area contributed by atoms with Crippen LogP contribution in [0.1, 0.15) is 36.6 Å². The fraction of sp³-hybridized carbons (Fsp3) is 0.200. The van der Waals surface area contributed by atoms with E-state index in [0.717, 1.165) is 26.5 Å². The van der Waals surface area contributed by atoms with Crippen LogP contribution in [-0.4, -0.2) is 12.7 Å². The van der Waals surface area contributed by atoms with Gasteiger partial charge in [-0.2, -0.15) is 0 Å². The van der Waals surface area contributed by atoms with E-state index in [1.807, 2.05) is 73.8 Å². The van der Waals surface area contributed by atoms with Crippen molar-refractivity contribution >= 4 is 21.8 Å². The summed E-state index contributed by atoms with van der Waals surface area (Å²) in [5.41, 5.74) is 2.97. The van der Waals surface area contributed by atoms with E-state index in [1.165, 1.54) is 0 Å². The first kappa shape index (κ1) is 20.8. The second-order valence-electron chi connectivity index (χ2n) is 7.79. The number of allylic oxidation sites excluding steroid dienone is 1. The van der Waals surface area contributed by atoms with Crippen LogP contribution >= 0.6 is 11.8 Å². The first-order valence-electron chi connectivity index (χ1n) is 10.0. The molecule has 30 heavy (non-hydrogen) atoms. The first-order valence-corrected chi connectivity index (χ1v) is 12.3. The molecule has 4 rings (SSSR count). The maximum absolute atomic E-state index is 13.9. The molecular weight excluding hydrogens is 410 g/mol. The SMILES string of the molecule is Cc1ccc(S(=O)(=O)N2C=C(C(C)C)Sc3ccccc3[C@H]2c2ccccc2)cc1. The molecular formula is C25H25NO2S2. The lowest BCUT2D eigenvalue weighted by molar-refractivity contribution is 0.444. The Morgan fingerprint density at radius 2 is 1.50 bits per heavy atom. The first-order chi connectivity index (χ1) is 14.4. The van der Waals surface area contributed by atoms with Crippen molar-refractivity contribution in [2.24, 2.45) is 5.92 Å². The number of nitrogens with zero attached hydrogens (tertiary/aromatic N) is 1. The zero-order valence-corrected chi connectivity index (χ0v) is 19.0. The molecule has 1 heterocycles. The van der Waals surface area contributed by atoms with Crippen molar-refractivity contribution in [3.05, 3.63) is 107 Å². The summed E-state index contributed by atoms with van der Waals surface area (Å²) < 4.78 is 29.3. The molecule has 5 heteroatoms. The summed E-state index contributed by atoms with van der Waals surface area (Å²) in [6.07, 6.45) is 1.84. The van der Waals surface area contributed by atoms with Gasteiger partial charge in [-0.25, -0.2) is 8.42 Å². The maximum atomic E-state index is 13.9. The van der Waals surface area contributed by atoms with Gasteiger partial charge in [0.05, 0.1) is 10.9 Å². The predicted octanol–water partition coefficient (Wildman–Crippen LogP) is 6.38. The summed E-state index contributed by atoms with van der Waals surface area (Å²) in [7, 11) is -3.76. The Morgan fingerprint density at radius 1 is 0.867 bits per heavy atom. The van der Waals surface area contributed by atoms with Crippen LogP contribution in [0.15, 0.2) is 99.8 Å². The van der Waals surface area contributed by atoms with E-state index in [4.69, 9.17) is 0 Å². The van der Waals surface area contributed by atoms with Crippen molar-refractivity contribution in [1.82, 2.24) is 4.31 Å². The second kappa shape index (κ2) is 8.32. The Labute approximate surface area is 183 Å². The molecule has 0 unspecified atom stereocenters. The van der Waals surface area contributed by atoms with Gasteiger partial charge in [0.25, 0.3) is 10.0 Å². The lowest BCUT2D eigenvalue weighted by Crippen LogP contribution is -2.31. The van der Waals surface area contributed by atoms with E-state index in [1.54, 1.807) is 28.2 Å². The molecule has 0 spiro atoms. The van der Waals surface area contributed by atoms with Crippen molar-refractivity contribution in [3.63, 3.8) is 0 Å². The monoisotopic (exact) mass is 435 g/mol. The molecule has 3 aromatic rings. The molecule has 3 nitrogen and oxygen atoms in total. The Morgan fingerprint density at radius 3 is 2.17 bits per heavy atom. The lowest BCUT2D eigenvalue weighted by Gasteiger charge is -2.30. The zero-order valence-electron chi connectivity index (χ0n) is 17.3. The smallest absolute Gasteiger partial charge is 0.261 e. The summed E-state index contributed by atoms with van der Waals surface area (Å²) >= 11 is 1.66. The maximum Gasteiger partial charge on any atom is 0.264 e. The highest BCUT2D eigenvalue weighted by Crippen LogP contribution is 2.45. The van der Waals surface area contributed by atoms with Crippen molar-refractivity contribution in [2.45, 2.75) is 36.6 Å². The van der Waals surface area contributed by atoms with E-state index in [0.29, 0.717) is 4.90 Å². The van der Waals surface area contributed by atoms with Gasteiger partial charge in [0.15, 0.2) is 0 Å². The van der Waals surface area contributed by atoms with Gasteiger partial charge in [-0.3, -0.25) is 4.31 Å². The molecule has 0 saturated carbocycles. The Balaban J connectivity index is 1.98. The molecule has 0 bridgehead atoms. The summed E-state index contributed by atoms with van der Waals surface area (Å²) in [6, 6.07) is 24.6. The summed E-state index contributed by atoms with van der Waals surface area (Å²) in [5.74, 6) is 0.202. The van der Waals surface area contributed by atoms with Gasteiger partial charge in [0.2, 0.25) is 0 Å². The van der Waals surface area contributed by atoms with Crippen LogP contribution in [0, 0.1) is 12.8 Å². The van der Waals surface area contributed by atoms with Gasteiger partial charge < -0.3 is 0 Å². The van der Waals surface area contributed by atoms with Crippen LogP contribution < -0.4 is 0 Å². The number of hydrogen-bond acceptors (Lipinski definition) is 3. The number of fused-ring (bicyclic) bond motifs is 1. The van der Waals surface area contributed by atoms with E-state index >= 15 is 0 Å². The molecule has 154 valence electrons. The second-order valence-corrected chi connectivity index (χ2v) is 10.7. The minimum absolute atomic E-state index is 0.202. The number of aryl methyl sites for hydroxylation is 1. The predicted molar refractivity (Wildman–Crippen MR) is 124 cm³/mol. The molecule has 0 amide bonds. The highest BCUT2D eigenvalue weighted by atomic mass is 32.2. The third-order valence-electron chi connectivity index (χ3n) is 5.23. The largest absolute Gasteiger partial charge is 0.264 e. The van der Waals surface area contributed by atoms with Crippen LogP contribution in [0.3, 0.4) is 0 Å². The Bertz CT molecular complexity index is 1170. The molecule has 0 saturated heterocycles. The van der Waals surface area contributed by atoms with Crippen molar-refractivity contribution < 1.29 is 8.42 Å². The molecule has 1 aliphatic heterocycles. The van der Waals surface area contributed by atoms with Crippen molar-refractivity contribution in [1.29, 1.82) is 0 Å². The zero-order chi connectivity index (χ0) is 21.3. The standard InChI is InChI=1S/C25H25NO2S2/c1-18(2)24-17-26(30(27,28)21-15-13-19(3)14-16-21)25(20-9-5-4-6-10-20)22-11-7-8-12-23(22)29-24/h4-18,25H,1-3H3/t25-/m1/s1. The lowest BCUT2D eigenvalue weighted by atomic mass is 9.99. The van der Waals surface area contributed by atoms with Crippen LogP contribution in [0.4, 0.5) is 0 Å². The highest BCUT2D eigenvalue weighted by Gasteiger charge is 2.35. The molecule has 3 aromatic carbocycles. The minimum atomic E-state index is -3.76. The minimum Gasteiger partial charge on any atom is -0.261 e. The molecule has 0 N–H and O–H groups in total. The van der Waals surface area contributed by atoms with Gasteiger partial charge in [0.1, 0.15) is 0 Å². The summed E-state index contributed by atoms with van der Waals surface area (Å²) in [4.78, 5) is 2.42.